The Morgan fingerprint density at radius 1 is 1.07 bits per heavy atom. The molecule has 2 aromatic rings. The van der Waals surface area contributed by atoms with E-state index in [0.29, 0.717) is 24.0 Å². The molecule has 0 saturated carbocycles. The fourth-order valence-electron chi connectivity index (χ4n) is 3.15. The van der Waals surface area contributed by atoms with Crippen molar-refractivity contribution >= 4 is 35.8 Å². The Kier molecular flexibility index (Phi) is 5.67. The molecule has 1 heterocycles. The van der Waals surface area contributed by atoms with Crippen LogP contribution in [0.2, 0.25) is 0 Å². The summed E-state index contributed by atoms with van der Waals surface area (Å²) < 4.78 is 56.7. The summed E-state index contributed by atoms with van der Waals surface area (Å²) in [5, 5.41) is 0. The number of nitrogens with zero attached hydrogens (tertiary/aromatic N) is 1. The Morgan fingerprint density at radius 3 is 2.33 bits per heavy atom. The monoisotopic (exact) mass is 473 g/mol. The van der Waals surface area contributed by atoms with Gasteiger partial charge in [0.05, 0.1) is 16.9 Å². The third-order valence-corrected chi connectivity index (χ3v) is 8.66. The summed E-state index contributed by atoms with van der Waals surface area (Å²) in [5.74, 6) is 0.838. The van der Waals surface area contributed by atoms with Crippen molar-refractivity contribution in [2.24, 2.45) is 0 Å². The topological polar surface area (TPSA) is 80.8 Å². The highest BCUT2D eigenvalue weighted by Crippen LogP contribution is 2.34. The number of ether oxygens (including phenoxy) is 1. The van der Waals surface area contributed by atoms with Gasteiger partial charge in [0.25, 0.3) is 0 Å². The van der Waals surface area contributed by atoms with Crippen LogP contribution in [-0.4, -0.2) is 47.6 Å². The standard InChI is InChI=1S/C18H20BrNO5S2/c1-25-15-5-3-13(4-6-15)14-9-10-20(12-14)27(23,24)18-11-16(26(2,21)22)7-8-17(18)19/h3-8,11,14H,9-10,12H2,1-2H3. The number of benzene rings is 2. The van der Waals surface area contributed by atoms with Gasteiger partial charge >= 0.3 is 0 Å². The van der Waals surface area contributed by atoms with E-state index in [1.54, 1.807) is 7.11 Å². The van der Waals surface area contributed by atoms with E-state index in [2.05, 4.69) is 15.9 Å². The summed E-state index contributed by atoms with van der Waals surface area (Å²) in [6.07, 6.45) is 1.76. The van der Waals surface area contributed by atoms with E-state index in [1.807, 2.05) is 24.3 Å². The lowest BCUT2D eigenvalue weighted by molar-refractivity contribution is 0.414. The van der Waals surface area contributed by atoms with Crippen molar-refractivity contribution in [3.05, 3.63) is 52.5 Å². The third kappa shape index (κ3) is 4.21. The first kappa shape index (κ1) is 20.3. The van der Waals surface area contributed by atoms with Crippen LogP contribution in [0.1, 0.15) is 17.9 Å². The molecule has 0 amide bonds. The second kappa shape index (κ2) is 7.54. The summed E-state index contributed by atoms with van der Waals surface area (Å²) in [6.45, 7) is 0.735. The largest absolute Gasteiger partial charge is 0.497 e. The average Bonchev–Trinajstić information content (AvgIpc) is 3.12. The van der Waals surface area contributed by atoms with E-state index in [9.17, 15) is 16.8 Å². The fraction of sp³-hybridized carbons (Fsp3) is 0.333. The number of methoxy groups -OCH3 is 1. The van der Waals surface area contributed by atoms with Crippen LogP contribution in [0.4, 0.5) is 0 Å². The summed E-state index contributed by atoms with van der Waals surface area (Å²) in [4.78, 5) is -0.0454. The van der Waals surface area contributed by atoms with Crippen LogP contribution in [0.3, 0.4) is 0 Å². The number of rotatable bonds is 5. The van der Waals surface area contributed by atoms with Gasteiger partial charge in [-0.3, -0.25) is 0 Å². The highest BCUT2D eigenvalue weighted by Gasteiger charge is 2.34. The van der Waals surface area contributed by atoms with Crippen molar-refractivity contribution in [2.45, 2.75) is 22.1 Å². The number of sulfonamides is 1. The Hall–Kier alpha value is -1.42. The highest BCUT2D eigenvalue weighted by molar-refractivity contribution is 9.10. The SMILES string of the molecule is COc1ccc(C2CCN(S(=O)(=O)c3cc(S(C)(=O)=O)ccc3Br)C2)cc1. The Morgan fingerprint density at radius 2 is 1.74 bits per heavy atom. The van der Waals surface area contributed by atoms with E-state index >= 15 is 0 Å². The Bertz CT molecular complexity index is 1050. The molecule has 0 N–H and O–H groups in total. The molecule has 1 atom stereocenters. The highest BCUT2D eigenvalue weighted by atomic mass is 79.9. The second-order valence-electron chi connectivity index (χ2n) is 6.49. The predicted molar refractivity (Wildman–Crippen MR) is 106 cm³/mol. The van der Waals surface area contributed by atoms with Crippen molar-refractivity contribution < 1.29 is 21.6 Å². The minimum Gasteiger partial charge on any atom is -0.497 e. The number of halogens is 1. The minimum atomic E-state index is -3.81. The van der Waals surface area contributed by atoms with Crippen LogP contribution >= 0.6 is 15.9 Å². The zero-order valence-electron chi connectivity index (χ0n) is 14.9. The zero-order chi connectivity index (χ0) is 19.8. The Balaban J connectivity index is 1.88. The molecule has 146 valence electrons. The molecule has 0 bridgehead atoms. The number of sulfone groups is 1. The molecule has 27 heavy (non-hydrogen) atoms. The van der Waals surface area contributed by atoms with Gasteiger partial charge in [-0.05, 0) is 64.2 Å². The molecule has 3 rings (SSSR count). The molecule has 2 aromatic carbocycles. The van der Waals surface area contributed by atoms with Gasteiger partial charge in [-0.15, -0.1) is 0 Å². The quantitative estimate of drug-likeness (QED) is 0.666. The predicted octanol–water partition coefficient (Wildman–Crippen LogP) is 3.04. The van der Waals surface area contributed by atoms with Gasteiger partial charge < -0.3 is 4.74 Å². The van der Waals surface area contributed by atoms with Gasteiger partial charge in [0.15, 0.2) is 9.84 Å². The molecule has 1 aliphatic rings. The number of hydrogen-bond acceptors (Lipinski definition) is 5. The molecule has 0 radical (unpaired) electrons. The van der Waals surface area contributed by atoms with Crippen LogP contribution in [0.25, 0.3) is 0 Å². The Labute approximate surface area is 168 Å². The smallest absolute Gasteiger partial charge is 0.244 e. The first-order chi connectivity index (χ1) is 12.6. The van der Waals surface area contributed by atoms with E-state index < -0.39 is 19.9 Å². The maximum absolute atomic E-state index is 13.1. The lowest BCUT2D eigenvalue weighted by Gasteiger charge is -2.18. The van der Waals surface area contributed by atoms with Gasteiger partial charge in [-0.25, -0.2) is 16.8 Å². The second-order valence-corrected chi connectivity index (χ2v) is 11.3. The molecule has 1 unspecified atom stereocenters. The minimum absolute atomic E-state index is 0.0184. The average molecular weight is 474 g/mol. The first-order valence-corrected chi connectivity index (χ1v) is 12.4. The lowest BCUT2D eigenvalue weighted by atomic mass is 9.99. The fourth-order valence-corrected chi connectivity index (χ4v) is 6.32. The van der Waals surface area contributed by atoms with Crippen LogP contribution in [0, 0.1) is 0 Å². The molecule has 1 saturated heterocycles. The molecule has 6 nitrogen and oxygen atoms in total. The molecule has 9 heteroatoms. The normalized spacial score (nSPS) is 18.6. The maximum Gasteiger partial charge on any atom is 0.244 e. The van der Waals surface area contributed by atoms with Crippen molar-refractivity contribution in [1.29, 1.82) is 0 Å². The third-order valence-electron chi connectivity index (χ3n) is 4.69. The van der Waals surface area contributed by atoms with Crippen molar-refractivity contribution in [3.63, 3.8) is 0 Å². The van der Waals surface area contributed by atoms with Crippen molar-refractivity contribution in [1.82, 2.24) is 4.31 Å². The van der Waals surface area contributed by atoms with Crippen LogP contribution in [0.5, 0.6) is 5.75 Å². The zero-order valence-corrected chi connectivity index (χ0v) is 18.1. The summed E-state index contributed by atoms with van der Waals surface area (Å²) >= 11 is 3.24. The molecule has 0 spiro atoms. The van der Waals surface area contributed by atoms with Gasteiger partial charge in [0.2, 0.25) is 10.0 Å². The van der Waals surface area contributed by atoms with Crippen molar-refractivity contribution in [2.75, 3.05) is 26.5 Å². The first-order valence-electron chi connectivity index (χ1n) is 8.26. The molecule has 1 aliphatic heterocycles. The van der Waals surface area contributed by atoms with Crippen LogP contribution in [-0.2, 0) is 19.9 Å². The van der Waals surface area contributed by atoms with Gasteiger partial charge in [-0.1, -0.05) is 12.1 Å². The van der Waals surface area contributed by atoms with Crippen LogP contribution in [0.15, 0.2) is 56.7 Å². The van der Waals surface area contributed by atoms with E-state index in [0.717, 1.165) is 17.6 Å². The van der Waals surface area contributed by atoms with E-state index in [4.69, 9.17) is 4.74 Å². The summed E-state index contributed by atoms with van der Waals surface area (Å²) in [7, 11) is -5.71. The molecule has 0 aromatic heterocycles. The molecular formula is C18H20BrNO5S2. The lowest BCUT2D eigenvalue weighted by Crippen LogP contribution is -2.29. The molecule has 0 aliphatic carbocycles. The molecular weight excluding hydrogens is 454 g/mol. The summed E-state index contributed by atoms with van der Waals surface area (Å²) in [5.41, 5.74) is 1.05. The van der Waals surface area contributed by atoms with E-state index in [1.165, 1.54) is 22.5 Å². The maximum atomic E-state index is 13.1. The molecule has 1 fully saturated rings. The van der Waals surface area contributed by atoms with Gasteiger partial charge in [-0.2, -0.15) is 4.31 Å². The van der Waals surface area contributed by atoms with Gasteiger partial charge in [0.1, 0.15) is 5.75 Å². The van der Waals surface area contributed by atoms with Crippen molar-refractivity contribution in [3.8, 4) is 5.75 Å². The summed E-state index contributed by atoms with van der Waals surface area (Å²) in [6, 6.07) is 11.7. The number of hydrogen-bond donors (Lipinski definition) is 0. The van der Waals surface area contributed by atoms with Gasteiger partial charge in [0, 0.05) is 23.8 Å². The van der Waals surface area contributed by atoms with Crippen LogP contribution < -0.4 is 4.74 Å². The van der Waals surface area contributed by atoms with E-state index in [-0.39, 0.29) is 15.7 Å².